The minimum atomic E-state index is -0.0248. The predicted octanol–water partition coefficient (Wildman–Crippen LogP) is 2.43. The summed E-state index contributed by atoms with van der Waals surface area (Å²) in [5.41, 5.74) is 2.63. The molecule has 0 fully saturated rings. The van der Waals surface area contributed by atoms with E-state index in [0.717, 1.165) is 33.4 Å². The van der Waals surface area contributed by atoms with Gasteiger partial charge in [0, 0.05) is 42.2 Å². The fourth-order valence-corrected chi connectivity index (χ4v) is 3.61. The molecule has 21 heavy (non-hydrogen) atoms. The highest BCUT2D eigenvalue weighted by molar-refractivity contribution is 7.16. The highest BCUT2D eigenvalue weighted by Gasteiger charge is 2.25. The number of thiophene rings is 1. The van der Waals surface area contributed by atoms with E-state index in [1.54, 1.807) is 4.90 Å². The van der Waals surface area contributed by atoms with Crippen LogP contribution in [0.1, 0.15) is 33.5 Å². The molecule has 2 aromatic rings. The van der Waals surface area contributed by atoms with Gasteiger partial charge in [0.25, 0.3) is 5.91 Å². The molecule has 7 heteroatoms. The lowest BCUT2D eigenvalue weighted by Gasteiger charge is -2.20. The molecule has 0 spiro atoms. The van der Waals surface area contributed by atoms with E-state index in [9.17, 15) is 4.79 Å². The van der Waals surface area contributed by atoms with Crippen LogP contribution in [0, 0.1) is 0 Å². The van der Waals surface area contributed by atoms with Gasteiger partial charge >= 0.3 is 0 Å². The number of fused-ring (bicyclic) bond motifs is 1. The van der Waals surface area contributed by atoms with E-state index in [1.165, 1.54) is 11.3 Å². The second-order valence-electron chi connectivity index (χ2n) is 4.98. The van der Waals surface area contributed by atoms with Gasteiger partial charge in [0.2, 0.25) is 0 Å². The molecule has 0 atom stereocenters. The molecule has 0 unspecified atom stereocenters. The van der Waals surface area contributed by atoms with E-state index in [0.29, 0.717) is 25.3 Å². The van der Waals surface area contributed by atoms with Gasteiger partial charge in [-0.25, -0.2) is 0 Å². The maximum atomic E-state index is 12.7. The molecule has 2 N–H and O–H groups in total. The summed E-state index contributed by atoms with van der Waals surface area (Å²) >= 11 is 7.46. The van der Waals surface area contributed by atoms with Gasteiger partial charge in [-0.2, -0.15) is 5.10 Å². The van der Waals surface area contributed by atoms with Crippen LogP contribution in [0.15, 0.2) is 12.1 Å². The number of carbonyl (C=O) groups is 1. The fraction of sp³-hybridized carbons (Fsp3) is 0.429. The molecule has 0 aromatic carbocycles. The zero-order valence-corrected chi connectivity index (χ0v) is 13.4. The Balaban J connectivity index is 1.80. The minimum Gasteiger partial charge on any atom is -0.332 e. The third-order valence-electron chi connectivity index (χ3n) is 3.65. The van der Waals surface area contributed by atoms with Crippen molar-refractivity contribution in [2.75, 3.05) is 13.1 Å². The molecule has 2 aromatic heterocycles. The van der Waals surface area contributed by atoms with E-state index >= 15 is 0 Å². The average molecular weight is 325 g/mol. The first-order chi connectivity index (χ1) is 10.2. The summed E-state index contributed by atoms with van der Waals surface area (Å²) in [5.74, 6) is -0.0248. The van der Waals surface area contributed by atoms with Crippen molar-refractivity contribution in [3.8, 4) is 0 Å². The first-order valence-corrected chi connectivity index (χ1v) is 8.18. The lowest BCUT2D eigenvalue weighted by atomic mass is 10.1. The van der Waals surface area contributed by atoms with E-state index < -0.39 is 0 Å². The number of carbonyl (C=O) groups excluding carboxylic acids is 1. The first kappa shape index (κ1) is 14.6. The molecule has 112 valence electrons. The normalized spacial score (nSPS) is 14.0. The molecule has 1 amide bonds. The summed E-state index contributed by atoms with van der Waals surface area (Å²) in [6.07, 6.45) is 0.891. The Morgan fingerprint density at radius 2 is 2.38 bits per heavy atom. The predicted molar refractivity (Wildman–Crippen MR) is 83.7 cm³/mol. The van der Waals surface area contributed by atoms with Crippen molar-refractivity contribution in [3.05, 3.63) is 38.3 Å². The standard InChI is InChI=1S/C14H17ClN4OS/c1-2-19(8-9-3-4-12(15)21-9)14(20)13-10-7-16-6-5-11(10)17-18-13/h3-4,16H,2,5-8H2,1H3,(H,17,18). The highest BCUT2D eigenvalue weighted by Crippen LogP contribution is 2.24. The van der Waals surface area contributed by atoms with Crippen LogP contribution in [0.5, 0.6) is 0 Å². The van der Waals surface area contributed by atoms with Crippen molar-refractivity contribution in [2.45, 2.75) is 26.4 Å². The van der Waals surface area contributed by atoms with Gasteiger partial charge < -0.3 is 10.2 Å². The van der Waals surface area contributed by atoms with Gasteiger partial charge in [-0.15, -0.1) is 11.3 Å². The van der Waals surface area contributed by atoms with Crippen LogP contribution in [0.4, 0.5) is 0 Å². The van der Waals surface area contributed by atoms with Crippen molar-refractivity contribution in [1.29, 1.82) is 0 Å². The molecule has 1 aliphatic heterocycles. The van der Waals surface area contributed by atoms with Gasteiger partial charge in [-0.1, -0.05) is 11.6 Å². The van der Waals surface area contributed by atoms with Gasteiger partial charge in [0.15, 0.2) is 5.69 Å². The van der Waals surface area contributed by atoms with Crippen molar-refractivity contribution in [2.24, 2.45) is 0 Å². The summed E-state index contributed by atoms with van der Waals surface area (Å²) in [6, 6.07) is 3.82. The smallest absolute Gasteiger partial charge is 0.275 e. The molecule has 3 heterocycles. The Bertz CT molecular complexity index is 651. The Morgan fingerprint density at radius 1 is 1.52 bits per heavy atom. The second kappa shape index (κ2) is 6.17. The maximum absolute atomic E-state index is 12.7. The van der Waals surface area contributed by atoms with Gasteiger partial charge in [-0.05, 0) is 19.1 Å². The molecule has 1 aliphatic rings. The minimum absolute atomic E-state index is 0.0248. The van der Waals surface area contributed by atoms with Crippen molar-refractivity contribution in [3.63, 3.8) is 0 Å². The topological polar surface area (TPSA) is 61.0 Å². The summed E-state index contributed by atoms with van der Waals surface area (Å²) in [5, 5.41) is 10.5. The van der Waals surface area contributed by atoms with Crippen LogP contribution in [0.2, 0.25) is 4.34 Å². The first-order valence-electron chi connectivity index (χ1n) is 6.99. The Hall–Kier alpha value is -1.37. The summed E-state index contributed by atoms with van der Waals surface area (Å²) in [4.78, 5) is 15.6. The lowest BCUT2D eigenvalue weighted by Crippen LogP contribution is -2.32. The van der Waals surface area contributed by atoms with E-state index in [2.05, 4.69) is 15.5 Å². The molecule has 0 aliphatic carbocycles. The third-order valence-corrected chi connectivity index (χ3v) is 4.87. The zero-order chi connectivity index (χ0) is 14.8. The average Bonchev–Trinajstić information content (AvgIpc) is 3.10. The largest absolute Gasteiger partial charge is 0.332 e. The van der Waals surface area contributed by atoms with Crippen molar-refractivity contribution in [1.82, 2.24) is 20.4 Å². The maximum Gasteiger partial charge on any atom is 0.275 e. The van der Waals surface area contributed by atoms with Crippen LogP contribution in [0.3, 0.4) is 0 Å². The number of nitrogens with one attached hydrogen (secondary N) is 2. The quantitative estimate of drug-likeness (QED) is 0.908. The number of aromatic amines is 1. The number of amides is 1. The van der Waals surface area contributed by atoms with Crippen LogP contribution < -0.4 is 5.32 Å². The Morgan fingerprint density at radius 3 is 3.10 bits per heavy atom. The van der Waals surface area contributed by atoms with Gasteiger partial charge in [0.05, 0.1) is 10.9 Å². The monoisotopic (exact) mass is 324 g/mol. The number of rotatable bonds is 4. The summed E-state index contributed by atoms with van der Waals surface area (Å²) < 4.78 is 0.745. The molecule has 0 saturated carbocycles. The SMILES string of the molecule is CCN(Cc1ccc(Cl)s1)C(=O)c1n[nH]c2c1CNCC2. The van der Waals surface area contributed by atoms with Gasteiger partial charge in [-0.3, -0.25) is 9.89 Å². The van der Waals surface area contributed by atoms with Crippen LogP contribution in [0.25, 0.3) is 0 Å². The Kier molecular flexibility index (Phi) is 4.28. The van der Waals surface area contributed by atoms with Crippen LogP contribution in [-0.2, 0) is 19.5 Å². The zero-order valence-electron chi connectivity index (χ0n) is 11.8. The van der Waals surface area contributed by atoms with Crippen molar-refractivity contribution < 1.29 is 4.79 Å². The molecule has 0 radical (unpaired) electrons. The molecule has 0 bridgehead atoms. The molecular formula is C14H17ClN4OS. The number of nitrogens with zero attached hydrogens (tertiary/aromatic N) is 2. The molecule has 3 rings (SSSR count). The molecule has 0 saturated heterocycles. The Labute approximate surface area is 132 Å². The number of hydrogen-bond donors (Lipinski definition) is 2. The van der Waals surface area contributed by atoms with E-state index in [1.807, 2.05) is 19.1 Å². The number of halogens is 1. The fourth-order valence-electron chi connectivity index (χ4n) is 2.50. The number of hydrogen-bond acceptors (Lipinski definition) is 4. The third kappa shape index (κ3) is 2.97. The lowest BCUT2D eigenvalue weighted by molar-refractivity contribution is 0.0747. The van der Waals surface area contributed by atoms with Crippen LogP contribution in [-0.4, -0.2) is 34.1 Å². The van der Waals surface area contributed by atoms with E-state index in [-0.39, 0.29) is 5.91 Å². The second-order valence-corrected chi connectivity index (χ2v) is 6.78. The highest BCUT2D eigenvalue weighted by atomic mass is 35.5. The van der Waals surface area contributed by atoms with Crippen molar-refractivity contribution >= 4 is 28.8 Å². The van der Waals surface area contributed by atoms with Crippen LogP contribution >= 0.6 is 22.9 Å². The number of aromatic nitrogens is 2. The summed E-state index contributed by atoms with van der Waals surface area (Å²) in [7, 11) is 0. The molecule has 5 nitrogen and oxygen atoms in total. The van der Waals surface area contributed by atoms with Gasteiger partial charge in [0.1, 0.15) is 0 Å². The summed E-state index contributed by atoms with van der Waals surface area (Å²) in [6.45, 7) is 4.82. The molecular weight excluding hydrogens is 308 g/mol. The van der Waals surface area contributed by atoms with E-state index in [4.69, 9.17) is 11.6 Å². The number of H-pyrrole nitrogens is 1.